The van der Waals surface area contributed by atoms with E-state index in [9.17, 15) is 0 Å². The summed E-state index contributed by atoms with van der Waals surface area (Å²) in [5.41, 5.74) is 1.21. The molecule has 2 aromatic rings. The van der Waals surface area contributed by atoms with Crippen molar-refractivity contribution in [1.82, 2.24) is 0 Å². The lowest BCUT2D eigenvalue weighted by atomic mass is 9.99. The summed E-state index contributed by atoms with van der Waals surface area (Å²) in [6.07, 6.45) is 1.73. The van der Waals surface area contributed by atoms with Crippen LogP contribution in [0.1, 0.15) is 25.8 Å². The van der Waals surface area contributed by atoms with Crippen LogP contribution in [-0.2, 0) is 11.2 Å². The van der Waals surface area contributed by atoms with Crippen LogP contribution in [0.5, 0.6) is 11.5 Å². The third-order valence-electron chi connectivity index (χ3n) is 3.59. The van der Waals surface area contributed by atoms with E-state index in [2.05, 4.69) is 18.2 Å². The van der Waals surface area contributed by atoms with Gasteiger partial charge < -0.3 is 14.2 Å². The van der Waals surface area contributed by atoms with Crippen molar-refractivity contribution in [1.29, 1.82) is 0 Å². The number of aryl methyl sites for hydroxylation is 1. The van der Waals surface area contributed by atoms with Crippen molar-refractivity contribution in [2.24, 2.45) is 0 Å². The quantitative estimate of drug-likeness (QED) is 0.844. The molecule has 0 N–H and O–H groups in total. The molecule has 0 aliphatic carbocycles. The Morgan fingerprint density at radius 1 is 1.15 bits per heavy atom. The van der Waals surface area contributed by atoms with E-state index >= 15 is 0 Å². The molecule has 0 fully saturated rings. The van der Waals surface area contributed by atoms with Gasteiger partial charge in [0.15, 0.2) is 6.29 Å². The van der Waals surface area contributed by atoms with Crippen molar-refractivity contribution in [3.8, 4) is 11.5 Å². The minimum absolute atomic E-state index is 0.131. The Morgan fingerprint density at radius 2 is 1.95 bits per heavy atom. The molecule has 0 spiro atoms. The molecule has 3 nitrogen and oxygen atoms in total. The van der Waals surface area contributed by atoms with Gasteiger partial charge in [-0.1, -0.05) is 24.3 Å². The van der Waals surface area contributed by atoms with Gasteiger partial charge in [-0.25, -0.2) is 0 Å². The van der Waals surface area contributed by atoms with Gasteiger partial charge in [-0.2, -0.15) is 0 Å². The van der Waals surface area contributed by atoms with Gasteiger partial charge in [0.2, 0.25) is 0 Å². The Kier molecular flexibility index (Phi) is 3.79. The van der Waals surface area contributed by atoms with E-state index in [1.54, 1.807) is 0 Å². The third kappa shape index (κ3) is 2.34. The minimum atomic E-state index is -0.131. The summed E-state index contributed by atoms with van der Waals surface area (Å²) >= 11 is 0. The Morgan fingerprint density at radius 3 is 2.70 bits per heavy atom. The van der Waals surface area contributed by atoms with Crippen molar-refractivity contribution >= 4 is 10.8 Å². The largest absolute Gasteiger partial charge is 0.493 e. The lowest BCUT2D eigenvalue weighted by molar-refractivity contribution is -0.0852. The van der Waals surface area contributed by atoms with Crippen LogP contribution in [0.15, 0.2) is 30.3 Å². The third-order valence-corrected chi connectivity index (χ3v) is 3.59. The van der Waals surface area contributed by atoms with Crippen molar-refractivity contribution in [2.75, 3.05) is 13.2 Å². The summed E-state index contributed by atoms with van der Waals surface area (Å²) in [5.74, 6) is 1.90. The summed E-state index contributed by atoms with van der Waals surface area (Å²) in [7, 11) is 0. The first-order valence-corrected chi connectivity index (χ1v) is 7.29. The smallest absolute Gasteiger partial charge is 0.200 e. The Hall–Kier alpha value is -1.74. The summed E-state index contributed by atoms with van der Waals surface area (Å²) in [6.45, 7) is 5.35. The fraction of sp³-hybridized carbons (Fsp3) is 0.412. The van der Waals surface area contributed by atoms with E-state index < -0.39 is 0 Å². The molecule has 0 saturated carbocycles. The zero-order valence-corrected chi connectivity index (χ0v) is 12.0. The molecule has 1 aliphatic rings. The average Bonchev–Trinajstić information content (AvgIpc) is 2.48. The van der Waals surface area contributed by atoms with Crippen LogP contribution in [0.25, 0.3) is 10.8 Å². The van der Waals surface area contributed by atoms with E-state index in [0.29, 0.717) is 13.2 Å². The van der Waals surface area contributed by atoms with Gasteiger partial charge in [-0.15, -0.1) is 0 Å². The zero-order valence-electron chi connectivity index (χ0n) is 12.0. The summed E-state index contributed by atoms with van der Waals surface area (Å²) in [4.78, 5) is 0. The SMILES string of the molecule is CCOc1cc2c(c3ccccc13)OC(OCC)CC2. The van der Waals surface area contributed by atoms with Gasteiger partial charge in [-0.05, 0) is 31.9 Å². The van der Waals surface area contributed by atoms with Gasteiger partial charge in [-0.3, -0.25) is 0 Å². The number of benzene rings is 2. The van der Waals surface area contributed by atoms with Crippen molar-refractivity contribution in [3.63, 3.8) is 0 Å². The highest BCUT2D eigenvalue weighted by atomic mass is 16.7. The van der Waals surface area contributed by atoms with Crippen LogP contribution in [0, 0.1) is 0 Å². The second kappa shape index (κ2) is 5.71. The van der Waals surface area contributed by atoms with E-state index in [1.165, 1.54) is 5.56 Å². The van der Waals surface area contributed by atoms with Gasteiger partial charge in [0.1, 0.15) is 11.5 Å². The maximum atomic E-state index is 6.04. The lowest BCUT2D eigenvalue weighted by Crippen LogP contribution is -2.25. The molecule has 0 amide bonds. The Bertz CT molecular complexity index is 606. The molecule has 0 aromatic heterocycles. The highest BCUT2D eigenvalue weighted by Crippen LogP contribution is 2.40. The molecule has 1 atom stereocenters. The van der Waals surface area contributed by atoms with Crippen LogP contribution >= 0.6 is 0 Å². The number of hydrogen-bond acceptors (Lipinski definition) is 3. The predicted octanol–water partition coefficient (Wildman–Crippen LogP) is 3.93. The van der Waals surface area contributed by atoms with Gasteiger partial charge in [0.05, 0.1) is 6.61 Å². The number of ether oxygens (including phenoxy) is 3. The predicted molar refractivity (Wildman–Crippen MR) is 79.5 cm³/mol. The topological polar surface area (TPSA) is 27.7 Å². The Balaban J connectivity index is 2.09. The molecule has 0 bridgehead atoms. The molecule has 1 aliphatic heterocycles. The van der Waals surface area contributed by atoms with Crippen LogP contribution in [0.2, 0.25) is 0 Å². The Labute approximate surface area is 119 Å². The van der Waals surface area contributed by atoms with Crippen molar-refractivity contribution < 1.29 is 14.2 Å². The molecule has 0 radical (unpaired) electrons. The highest BCUT2D eigenvalue weighted by molar-refractivity contribution is 5.94. The van der Waals surface area contributed by atoms with Crippen molar-refractivity contribution in [2.45, 2.75) is 33.0 Å². The minimum Gasteiger partial charge on any atom is -0.493 e. The fourth-order valence-electron chi connectivity index (χ4n) is 2.74. The molecule has 3 rings (SSSR count). The van der Waals surface area contributed by atoms with Gasteiger partial charge in [0.25, 0.3) is 0 Å². The molecule has 3 heteroatoms. The second-order valence-corrected chi connectivity index (χ2v) is 4.88. The van der Waals surface area contributed by atoms with Gasteiger partial charge in [0, 0.05) is 23.8 Å². The number of hydrogen-bond donors (Lipinski definition) is 0. The first-order valence-electron chi connectivity index (χ1n) is 7.29. The van der Waals surface area contributed by atoms with Gasteiger partial charge >= 0.3 is 0 Å². The van der Waals surface area contributed by atoms with Crippen LogP contribution in [0.4, 0.5) is 0 Å². The molecule has 0 saturated heterocycles. The fourth-order valence-corrected chi connectivity index (χ4v) is 2.74. The van der Waals surface area contributed by atoms with E-state index in [0.717, 1.165) is 35.1 Å². The first kappa shape index (κ1) is 13.3. The second-order valence-electron chi connectivity index (χ2n) is 4.88. The van der Waals surface area contributed by atoms with Crippen LogP contribution < -0.4 is 9.47 Å². The standard InChI is InChI=1S/C17H20O3/c1-3-18-15-11-12-9-10-16(19-4-2)20-17(12)14-8-6-5-7-13(14)15/h5-8,11,16H,3-4,9-10H2,1-2H3. The van der Waals surface area contributed by atoms with E-state index in [-0.39, 0.29) is 6.29 Å². The van der Waals surface area contributed by atoms with Crippen LogP contribution in [-0.4, -0.2) is 19.5 Å². The van der Waals surface area contributed by atoms with E-state index in [1.807, 2.05) is 26.0 Å². The molecular weight excluding hydrogens is 252 g/mol. The molecule has 1 unspecified atom stereocenters. The van der Waals surface area contributed by atoms with Crippen LogP contribution in [0.3, 0.4) is 0 Å². The summed E-state index contributed by atoms with van der Waals surface area (Å²) in [5, 5.41) is 2.21. The summed E-state index contributed by atoms with van der Waals surface area (Å²) < 4.78 is 17.4. The number of rotatable bonds is 4. The first-order chi connectivity index (χ1) is 9.83. The monoisotopic (exact) mass is 272 g/mol. The maximum Gasteiger partial charge on any atom is 0.200 e. The molecule has 20 heavy (non-hydrogen) atoms. The molecular formula is C17H20O3. The zero-order chi connectivity index (χ0) is 13.9. The molecule has 106 valence electrons. The normalized spacial score (nSPS) is 17.6. The van der Waals surface area contributed by atoms with Crippen molar-refractivity contribution in [3.05, 3.63) is 35.9 Å². The lowest BCUT2D eigenvalue weighted by Gasteiger charge is -2.27. The maximum absolute atomic E-state index is 6.04. The number of fused-ring (bicyclic) bond motifs is 3. The molecule has 2 aromatic carbocycles. The highest BCUT2D eigenvalue weighted by Gasteiger charge is 2.23. The average molecular weight is 272 g/mol. The molecule has 1 heterocycles. The summed E-state index contributed by atoms with van der Waals surface area (Å²) in [6, 6.07) is 10.3. The van der Waals surface area contributed by atoms with E-state index in [4.69, 9.17) is 14.2 Å².